The van der Waals surface area contributed by atoms with Gasteiger partial charge >= 0.3 is 0 Å². The van der Waals surface area contributed by atoms with E-state index in [0.29, 0.717) is 0 Å². The maximum Gasteiger partial charge on any atom is 0.0453 e. The third-order valence-corrected chi connectivity index (χ3v) is 3.32. The third kappa shape index (κ3) is 1.59. The first kappa shape index (κ1) is 11.3. The first-order chi connectivity index (χ1) is 6.45. The van der Waals surface area contributed by atoms with Gasteiger partial charge in [0.1, 0.15) is 0 Å². The molecule has 0 spiro atoms. The molecule has 14 heavy (non-hydrogen) atoms. The van der Waals surface area contributed by atoms with Crippen LogP contribution in [-0.4, -0.2) is 5.54 Å². The predicted octanol–water partition coefficient (Wildman–Crippen LogP) is 2.13. The Kier molecular flexibility index (Phi) is 3.05. The molecule has 2 heteroatoms. The average molecular weight is 193 g/mol. The lowest BCUT2D eigenvalue weighted by atomic mass is 9.73. The molecule has 0 bridgehead atoms. The summed E-state index contributed by atoms with van der Waals surface area (Å²) >= 11 is 0. The van der Waals surface area contributed by atoms with E-state index in [-0.39, 0.29) is 5.92 Å². The van der Waals surface area contributed by atoms with E-state index in [9.17, 15) is 0 Å². The van der Waals surface area contributed by atoms with Gasteiger partial charge in [-0.15, -0.1) is 0 Å². The first-order valence-electron chi connectivity index (χ1n) is 5.28. The monoisotopic (exact) mass is 193 g/mol. The maximum absolute atomic E-state index is 6.19. The van der Waals surface area contributed by atoms with Crippen molar-refractivity contribution in [2.24, 2.45) is 17.4 Å². The summed E-state index contributed by atoms with van der Waals surface area (Å²) in [7, 11) is 0. The predicted molar refractivity (Wildman–Crippen MR) is 61.3 cm³/mol. The van der Waals surface area contributed by atoms with E-state index in [2.05, 4.69) is 33.8 Å². The van der Waals surface area contributed by atoms with Crippen molar-refractivity contribution < 1.29 is 0 Å². The quantitative estimate of drug-likeness (QED) is 0.706. The van der Waals surface area contributed by atoms with Crippen LogP contribution in [0.2, 0.25) is 0 Å². The van der Waals surface area contributed by atoms with Crippen molar-refractivity contribution in [3.8, 4) is 0 Å². The molecule has 0 saturated carbocycles. The smallest absolute Gasteiger partial charge is 0.0453 e. The minimum Gasteiger partial charge on any atom is -0.402 e. The Morgan fingerprint density at radius 3 is 2.43 bits per heavy atom. The molecule has 0 heterocycles. The zero-order valence-corrected chi connectivity index (χ0v) is 9.43. The zero-order chi connectivity index (χ0) is 10.9. The summed E-state index contributed by atoms with van der Waals surface area (Å²) in [5.74, 6) is 0.136. The molecule has 2 nitrogen and oxygen atoms in total. The molecule has 0 aromatic heterocycles. The summed E-state index contributed by atoms with van der Waals surface area (Å²) in [6.07, 6.45) is 4.04. The normalized spacial score (nSPS) is 33.2. The van der Waals surface area contributed by atoms with Crippen molar-refractivity contribution in [3.63, 3.8) is 0 Å². The molecule has 1 rings (SSSR count). The Labute approximate surface area is 87.0 Å². The Bertz CT molecular complexity index is 285. The van der Waals surface area contributed by atoms with E-state index in [4.69, 9.17) is 11.5 Å². The molecule has 1 radical (unpaired) electrons. The van der Waals surface area contributed by atoms with Gasteiger partial charge in [0.2, 0.25) is 0 Å². The van der Waals surface area contributed by atoms with E-state index < -0.39 is 5.54 Å². The molecule has 0 aromatic carbocycles. The summed E-state index contributed by atoms with van der Waals surface area (Å²) in [6, 6.07) is 0. The second-order valence-corrected chi connectivity index (χ2v) is 4.12. The highest BCUT2D eigenvalue weighted by Crippen LogP contribution is 2.35. The number of rotatable bonds is 2. The van der Waals surface area contributed by atoms with Gasteiger partial charge < -0.3 is 11.5 Å². The summed E-state index contributed by atoms with van der Waals surface area (Å²) in [6.45, 7) is 10.4. The fraction of sp³-hybridized carbons (Fsp3) is 0.583. The van der Waals surface area contributed by atoms with Crippen LogP contribution in [-0.2, 0) is 0 Å². The van der Waals surface area contributed by atoms with Gasteiger partial charge in [-0.2, -0.15) is 0 Å². The van der Waals surface area contributed by atoms with Gasteiger partial charge in [0.05, 0.1) is 0 Å². The molecule has 1 aliphatic rings. The molecule has 79 valence electrons. The molecule has 0 aromatic rings. The molecular formula is C12H21N2. The van der Waals surface area contributed by atoms with Gasteiger partial charge in [-0.1, -0.05) is 26.8 Å². The molecule has 2 unspecified atom stereocenters. The molecule has 0 aliphatic heterocycles. The lowest BCUT2D eigenvalue weighted by molar-refractivity contribution is 0.435. The van der Waals surface area contributed by atoms with Gasteiger partial charge in [-0.25, -0.2) is 0 Å². The van der Waals surface area contributed by atoms with Crippen LogP contribution < -0.4 is 11.5 Å². The highest BCUT2D eigenvalue weighted by Gasteiger charge is 2.35. The Morgan fingerprint density at radius 1 is 1.43 bits per heavy atom. The van der Waals surface area contributed by atoms with Crippen molar-refractivity contribution in [1.29, 1.82) is 0 Å². The number of hydrogen-bond acceptors (Lipinski definition) is 2. The van der Waals surface area contributed by atoms with Crippen LogP contribution in [0.25, 0.3) is 0 Å². The Balaban J connectivity index is 3.17. The Morgan fingerprint density at radius 2 is 2.00 bits per heavy atom. The van der Waals surface area contributed by atoms with E-state index >= 15 is 0 Å². The fourth-order valence-electron chi connectivity index (χ4n) is 2.00. The lowest BCUT2D eigenvalue weighted by Gasteiger charge is -2.38. The van der Waals surface area contributed by atoms with Crippen molar-refractivity contribution in [3.05, 3.63) is 29.8 Å². The van der Waals surface area contributed by atoms with Crippen LogP contribution in [0, 0.1) is 12.8 Å². The highest BCUT2D eigenvalue weighted by atomic mass is 14.8. The van der Waals surface area contributed by atoms with E-state index in [1.165, 1.54) is 11.1 Å². The van der Waals surface area contributed by atoms with Gasteiger partial charge in [0.15, 0.2) is 0 Å². The van der Waals surface area contributed by atoms with E-state index in [1.54, 1.807) is 0 Å². The molecule has 4 N–H and O–H groups in total. The highest BCUT2D eigenvalue weighted by molar-refractivity contribution is 5.42. The molecular weight excluding hydrogens is 172 g/mol. The molecule has 0 saturated heterocycles. The molecule has 0 amide bonds. The number of nitrogens with two attached hydrogens (primary N) is 2. The number of allylic oxidation sites excluding steroid dienone is 2. The topological polar surface area (TPSA) is 52.0 Å². The SMILES string of the molecule is [CH2]C1(N)C(CC)=CC(CC)=C(N)C1C. The summed E-state index contributed by atoms with van der Waals surface area (Å²) in [4.78, 5) is 0. The fourth-order valence-corrected chi connectivity index (χ4v) is 2.00. The van der Waals surface area contributed by atoms with Crippen molar-refractivity contribution in [1.82, 2.24) is 0 Å². The van der Waals surface area contributed by atoms with Gasteiger partial charge in [-0.05, 0) is 30.9 Å². The van der Waals surface area contributed by atoms with Crippen LogP contribution in [0.3, 0.4) is 0 Å². The Hall–Kier alpha value is -0.760. The minimum absolute atomic E-state index is 0.136. The maximum atomic E-state index is 6.19. The van der Waals surface area contributed by atoms with Gasteiger partial charge in [0.25, 0.3) is 0 Å². The van der Waals surface area contributed by atoms with Crippen LogP contribution in [0.5, 0.6) is 0 Å². The van der Waals surface area contributed by atoms with Crippen LogP contribution in [0.4, 0.5) is 0 Å². The second kappa shape index (κ2) is 3.77. The van der Waals surface area contributed by atoms with Crippen LogP contribution in [0.15, 0.2) is 22.9 Å². The average Bonchev–Trinajstić information content (AvgIpc) is 2.15. The summed E-state index contributed by atoms with van der Waals surface area (Å²) in [5.41, 5.74) is 15.0. The van der Waals surface area contributed by atoms with E-state index in [0.717, 1.165) is 18.5 Å². The second-order valence-electron chi connectivity index (χ2n) is 4.12. The van der Waals surface area contributed by atoms with Gasteiger partial charge in [-0.3, -0.25) is 0 Å². The van der Waals surface area contributed by atoms with Crippen molar-refractivity contribution in [2.45, 2.75) is 39.2 Å². The summed E-state index contributed by atoms with van der Waals surface area (Å²) in [5, 5.41) is 0. The van der Waals surface area contributed by atoms with Crippen LogP contribution in [0.1, 0.15) is 33.6 Å². The molecule has 2 atom stereocenters. The minimum atomic E-state index is -0.516. The van der Waals surface area contributed by atoms with Crippen LogP contribution >= 0.6 is 0 Å². The third-order valence-electron chi connectivity index (χ3n) is 3.32. The molecule has 1 aliphatic carbocycles. The van der Waals surface area contributed by atoms with E-state index in [1.807, 2.05) is 0 Å². The number of hydrogen-bond donors (Lipinski definition) is 2. The molecule has 0 fully saturated rings. The van der Waals surface area contributed by atoms with Crippen molar-refractivity contribution in [2.75, 3.05) is 0 Å². The lowest BCUT2D eigenvalue weighted by Crippen LogP contribution is -2.49. The van der Waals surface area contributed by atoms with Crippen molar-refractivity contribution >= 4 is 0 Å². The standard InChI is InChI=1S/C12H21N2/c1-5-9-7-10(6-2)12(4,14)8(3)11(9)13/h7-8H,4-6,13-14H2,1-3H3. The van der Waals surface area contributed by atoms with Gasteiger partial charge in [0, 0.05) is 17.2 Å². The largest absolute Gasteiger partial charge is 0.402 e. The first-order valence-corrected chi connectivity index (χ1v) is 5.28. The zero-order valence-electron chi connectivity index (χ0n) is 9.43. The summed E-state index contributed by atoms with van der Waals surface area (Å²) < 4.78 is 0.